The van der Waals surface area contributed by atoms with E-state index in [0.29, 0.717) is 10.8 Å². The van der Waals surface area contributed by atoms with Gasteiger partial charge < -0.3 is 0 Å². The average Bonchev–Trinajstić information content (AvgIpc) is 2.12. The first-order valence-corrected chi connectivity index (χ1v) is 4.03. The van der Waals surface area contributed by atoms with Crippen molar-refractivity contribution in [3.05, 3.63) is 47.5 Å². The zero-order valence-corrected chi connectivity index (χ0v) is 7.14. The summed E-state index contributed by atoms with van der Waals surface area (Å²) in [6, 6.07) is 7.14. The van der Waals surface area contributed by atoms with E-state index in [4.69, 9.17) is 0 Å². The van der Waals surface area contributed by atoms with E-state index in [9.17, 15) is 8.78 Å². The molecule has 0 spiro atoms. The molecular formula is C11H8F2. The second-order valence-corrected chi connectivity index (χ2v) is 3.05. The van der Waals surface area contributed by atoms with Gasteiger partial charge in [-0.2, -0.15) is 0 Å². The summed E-state index contributed by atoms with van der Waals surface area (Å²) in [5, 5.41) is 1.11. The molecule has 0 aromatic heterocycles. The molecule has 66 valence electrons. The maximum absolute atomic E-state index is 13.2. The Morgan fingerprint density at radius 2 is 1.69 bits per heavy atom. The van der Waals surface area contributed by atoms with Gasteiger partial charge in [0, 0.05) is 5.39 Å². The highest BCUT2D eigenvalue weighted by molar-refractivity contribution is 5.86. The van der Waals surface area contributed by atoms with E-state index in [1.165, 1.54) is 24.3 Å². The summed E-state index contributed by atoms with van der Waals surface area (Å²) in [4.78, 5) is 0. The zero-order chi connectivity index (χ0) is 9.42. The van der Waals surface area contributed by atoms with E-state index >= 15 is 0 Å². The summed E-state index contributed by atoms with van der Waals surface area (Å²) in [6.45, 7) is 1.83. The Bertz CT molecular complexity index is 461. The van der Waals surface area contributed by atoms with E-state index < -0.39 is 0 Å². The Balaban J connectivity index is 2.92. The van der Waals surface area contributed by atoms with Crippen molar-refractivity contribution in [3.8, 4) is 0 Å². The molecule has 0 heterocycles. The average molecular weight is 178 g/mol. The minimum atomic E-state index is -0.332. The van der Waals surface area contributed by atoms with Crippen molar-refractivity contribution >= 4 is 10.8 Å². The minimum absolute atomic E-state index is 0.305. The van der Waals surface area contributed by atoms with Crippen molar-refractivity contribution in [2.45, 2.75) is 6.92 Å². The molecule has 0 amide bonds. The van der Waals surface area contributed by atoms with Gasteiger partial charge in [-0.05, 0) is 42.1 Å². The van der Waals surface area contributed by atoms with E-state index in [2.05, 4.69) is 0 Å². The molecule has 0 atom stereocenters. The van der Waals surface area contributed by atoms with Crippen molar-refractivity contribution in [1.29, 1.82) is 0 Å². The smallest absolute Gasteiger partial charge is 0.131 e. The molecule has 0 aliphatic heterocycles. The minimum Gasteiger partial charge on any atom is -0.207 e. The summed E-state index contributed by atoms with van der Waals surface area (Å²) in [6.07, 6.45) is 0. The molecule has 0 N–H and O–H groups in total. The van der Waals surface area contributed by atoms with Crippen molar-refractivity contribution < 1.29 is 8.78 Å². The fourth-order valence-electron chi connectivity index (χ4n) is 1.43. The topological polar surface area (TPSA) is 0 Å². The third-order valence-electron chi connectivity index (χ3n) is 2.14. The van der Waals surface area contributed by atoms with Gasteiger partial charge in [0.2, 0.25) is 0 Å². The molecule has 0 nitrogen and oxygen atoms in total. The number of benzene rings is 2. The molecule has 2 rings (SSSR count). The highest BCUT2D eigenvalue weighted by Gasteiger charge is 2.03. The lowest BCUT2D eigenvalue weighted by molar-refractivity contribution is 0.626. The Hall–Kier alpha value is -1.44. The summed E-state index contributed by atoms with van der Waals surface area (Å²) in [7, 11) is 0. The van der Waals surface area contributed by atoms with Crippen LogP contribution in [0.4, 0.5) is 8.78 Å². The molecule has 0 fully saturated rings. The van der Waals surface area contributed by atoms with Crippen LogP contribution < -0.4 is 0 Å². The number of hydrogen-bond acceptors (Lipinski definition) is 0. The van der Waals surface area contributed by atoms with Crippen molar-refractivity contribution in [3.63, 3.8) is 0 Å². The Labute approximate surface area is 74.8 Å². The maximum Gasteiger partial charge on any atom is 0.131 e. The van der Waals surface area contributed by atoms with Crippen LogP contribution in [-0.2, 0) is 0 Å². The lowest BCUT2D eigenvalue weighted by atomic mass is 10.1. The monoisotopic (exact) mass is 178 g/mol. The van der Waals surface area contributed by atoms with Crippen LogP contribution in [0.15, 0.2) is 30.3 Å². The summed E-state index contributed by atoms with van der Waals surface area (Å²) >= 11 is 0. The first-order valence-electron chi connectivity index (χ1n) is 4.03. The highest BCUT2D eigenvalue weighted by atomic mass is 19.1. The normalized spacial score (nSPS) is 10.7. The number of hydrogen-bond donors (Lipinski definition) is 0. The number of aryl methyl sites for hydroxylation is 1. The lowest BCUT2D eigenvalue weighted by Gasteiger charge is -2.02. The lowest BCUT2D eigenvalue weighted by Crippen LogP contribution is -1.84. The van der Waals surface area contributed by atoms with Gasteiger partial charge in [-0.25, -0.2) is 8.78 Å². The Morgan fingerprint density at radius 3 is 2.46 bits per heavy atom. The molecule has 2 aromatic carbocycles. The zero-order valence-electron chi connectivity index (χ0n) is 7.14. The van der Waals surface area contributed by atoms with Crippen LogP contribution in [0.5, 0.6) is 0 Å². The fraction of sp³-hybridized carbons (Fsp3) is 0.0909. The predicted molar refractivity (Wildman–Crippen MR) is 48.6 cm³/mol. The van der Waals surface area contributed by atoms with E-state index in [0.717, 1.165) is 5.56 Å². The van der Waals surface area contributed by atoms with E-state index in [-0.39, 0.29) is 11.6 Å². The van der Waals surface area contributed by atoms with Crippen LogP contribution in [0, 0.1) is 18.6 Å². The van der Waals surface area contributed by atoms with Gasteiger partial charge in [0.1, 0.15) is 11.6 Å². The molecule has 0 aliphatic rings. The highest BCUT2D eigenvalue weighted by Crippen LogP contribution is 2.22. The van der Waals surface area contributed by atoms with Crippen LogP contribution in [0.25, 0.3) is 10.8 Å². The molecule has 0 aliphatic carbocycles. The summed E-state index contributed by atoms with van der Waals surface area (Å²) in [5.41, 5.74) is 0.885. The molecule has 13 heavy (non-hydrogen) atoms. The van der Waals surface area contributed by atoms with Gasteiger partial charge in [-0.15, -0.1) is 0 Å². The molecule has 0 saturated heterocycles. The van der Waals surface area contributed by atoms with Crippen molar-refractivity contribution in [2.24, 2.45) is 0 Å². The Kier molecular flexibility index (Phi) is 1.76. The van der Waals surface area contributed by atoms with Crippen molar-refractivity contribution in [2.75, 3.05) is 0 Å². The van der Waals surface area contributed by atoms with E-state index in [1.807, 2.05) is 6.92 Å². The molecule has 0 saturated carbocycles. The number of halogens is 2. The second-order valence-electron chi connectivity index (χ2n) is 3.05. The van der Waals surface area contributed by atoms with Gasteiger partial charge in [0.15, 0.2) is 0 Å². The fourth-order valence-corrected chi connectivity index (χ4v) is 1.43. The summed E-state index contributed by atoms with van der Waals surface area (Å²) in [5.74, 6) is -0.637. The third-order valence-corrected chi connectivity index (χ3v) is 2.14. The van der Waals surface area contributed by atoms with Crippen LogP contribution in [-0.4, -0.2) is 0 Å². The molecule has 0 bridgehead atoms. The van der Waals surface area contributed by atoms with Crippen LogP contribution in [0.1, 0.15) is 5.56 Å². The van der Waals surface area contributed by atoms with Crippen LogP contribution in [0.3, 0.4) is 0 Å². The first kappa shape index (κ1) is 8.17. The number of fused-ring (bicyclic) bond motifs is 1. The molecule has 0 radical (unpaired) electrons. The largest absolute Gasteiger partial charge is 0.207 e. The predicted octanol–water partition coefficient (Wildman–Crippen LogP) is 3.43. The second kappa shape index (κ2) is 2.80. The standard InChI is InChI=1S/C11H8F2/c1-7-2-5-11(13)9-4-3-8(12)6-10(7)9/h2-6H,1H3. The van der Waals surface area contributed by atoms with Gasteiger partial charge in [-0.1, -0.05) is 6.07 Å². The molecular weight excluding hydrogens is 170 g/mol. The summed E-state index contributed by atoms with van der Waals surface area (Å²) < 4.78 is 26.0. The number of rotatable bonds is 0. The van der Waals surface area contributed by atoms with Gasteiger partial charge in [-0.3, -0.25) is 0 Å². The molecule has 0 unspecified atom stereocenters. The van der Waals surface area contributed by atoms with Gasteiger partial charge in [0.05, 0.1) is 0 Å². The third kappa shape index (κ3) is 1.28. The van der Waals surface area contributed by atoms with E-state index in [1.54, 1.807) is 6.07 Å². The van der Waals surface area contributed by atoms with Gasteiger partial charge >= 0.3 is 0 Å². The van der Waals surface area contributed by atoms with Crippen molar-refractivity contribution in [1.82, 2.24) is 0 Å². The molecule has 2 aromatic rings. The van der Waals surface area contributed by atoms with Gasteiger partial charge in [0.25, 0.3) is 0 Å². The quantitative estimate of drug-likeness (QED) is 0.579. The Morgan fingerprint density at radius 1 is 0.923 bits per heavy atom. The first-order chi connectivity index (χ1) is 6.18. The van der Waals surface area contributed by atoms with Crippen LogP contribution >= 0.6 is 0 Å². The molecule has 2 heteroatoms. The SMILES string of the molecule is Cc1ccc(F)c2ccc(F)cc12. The van der Waals surface area contributed by atoms with Crippen LogP contribution in [0.2, 0.25) is 0 Å². The maximum atomic E-state index is 13.2.